The van der Waals surface area contributed by atoms with Crippen LogP contribution in [0.1, 0.15) is 26.2 Å². The van der Waals surface area contributed by atoms with Crippen molar-refractivity contribution < 1.29 is 17.9 Å². The number of aromatic nitrogens is 4. The number of hydrogen-bond acceptors (Lipinski definition) is 8. The highest BCUT2D eigenvalue weighted by Crippen LogP contribution is 2.31. The number of tetrazole rings is 1. The second kappa shape index (κ2) is 10.7. The number of sulfonamides is 1. The lowest BCUT2D eigenvalue weighted by Crippen LogP contribution is -2.35. The Morgan fingerprint density at radius 2 is 2.10 bits per heavy atom. The van der Waals surface area contributed by atoms with Crippen LogP contribution in [0.2, 0.25) is 0 Å². The van der Waals surface area contributed by atoms with Crippen molar-refractivity contribution in [1.29, 1.82) is 0 Å². The summed E-state index contributed by atoms with van der Waals surface area (Å²) in [5.41, 5.74) is 0.385. The van der Waals surface area contributed by atoms with Gasteiger partial charge in [-0.3, -0.25) is 4.79 Å². The van der Waals surface area contributed by atoms with Crippen LogP contribution in [0.15, 0.2) is 40.9 Å². The summed E-state index contributed by atoms with van der Waals surface area (Å²) in [6.45, 7) is 7.19. The number of piperidine rings is 1. The standard InChI is InChI=1S/C19H26N6O4S2/c1-3-10-25-19(21-22-23-25)30-14-18(26)20-15-8-9-16(29-4-2)17(13-15)31(27,28)24-11-6-5-7-12-24/h3,8-9,13H,1,4-7,10-12,14H2,2H3,(H,20,26). The average molecular weight is 467 g/mol. The van der Waals surface area contributed by atoms with Crippen LogP contribution in [0.5, 0.6) is 5.75 Å². The normalized spacial score (nSPS) is 14.9. The Balaban J connectivity index is 1.74. The predicted molar refractivity (Wildman–Crippen MR) is 118 cm³/mol. The van der Waals surface area contributed by atoms with Crippen molar-refractivity contribution in [1.82, 2.24) is 24.5 Å². The predicted octanol–water partition coefficient (Wildman–Crippen LogP) is 2.16. The molecule has 2 aromatic rings. The molecule has 1 amide bonds. The molecule has 0 saturated carbocycles. The van der Waals surface area contributed by atoms with E-state index in [2.05, 4.69) is 27.4 Å². The van der Waals surface area contributed by atoms with Crippen molar-refractivity contribution in [2.45, 2.75) is 42.8 Å². The summed E-state index contributed by atoms with van der Waals surface area (Å²) < 4.78 is 35.0. The van der Waals surface area contributed by atoms with Crippen LogP contribution < -0.4 is 10.1 Å². The third kappa shape index (κ3) is 5.83. The maximum absolute atomic E-state index is 13.2. The number of amides is 1. The van der Waals surface area contributed by atoms with Crippen LogP contribution in [0.3, 0.4) is 0 Å². The molecule has 0 atom stereocenters. The molecule has 1 aliphatic rings. The summed E-state index contributed by atoms with van der Waals surface area (Å²) in [6, 6.07) is 4.66. The molecule has 1 aromatic heterocycles. The molecule has 10 nitrogen and oxygen atoms in total. The number of anilines is 1. The SMILES string of the molecule is C=CCn1nnnc1SCC(=O)Nc1ccc(OCC)c(S(=O)(=O)N2CCCCC2)c1. The zero-order valence-corrected chi connectivity index (χ0v) is 19.0. The highest BCUT2D eigenvalue weighted by atomic mass is 32.2. The number of thioether (sulfide) groups is 1. The molecule has 0 unspecified atom stereocenters. The van der Waals surface area contributed by atoms with E-state index in [1.165, 1.54) is 26.8 Å². The van der Waals surface area contributed by atoms with E-state index in [-0.39, 0.29) is 22.3 Å². The van der Waals surface area contributed by atoms with Gasteiger partial charge in [0.1, 0.15) is 10.6 Å². The second-order valence-corrected chi connectivity index (χ2v) is 9.68. The number of ether oxygens (including phenoxy) is 1. The fraction of sp³-hybridized carbons (Fsp3) is 0.474. The van der Waals surface area contributed by atoms with E-state index in [0.717, 1.165) is 19.3 Å². The van der Waals surface area contributed by atoms with E-state index in [1.807, 2.05) is 0 Å². The maximum atomic E-state index is 13.2. The maximum Gasteiger partial charge on any atom is 0.246 e. The van der Waals surface area contributed by atoms with Gasteiger partial charge >= 0.3 is 0 Å². The van der Waals surface area contributed by atoms with Gasteiger partial charge < -0.3 is 10.1 Å². The van der Waals surface area contributed by atoms with Crippen LogP contribution in [-0.2, 0) is 21.4 Å². The quantitative estimate of drug-likeness (QED) is 0.418. The van der Waals surface area contributed by atoms with E-state index in [9.17, 15) is 13.2 Å². The van der Waals surface area contributed by atoms with Crippen LogP contribution >= 0.6 is 11.8 Å². The van der Waals surface area contributed by atoms with E-state index >= 15 is 0 Å². The Kier molecular flexibility index (Phi) is 8.04. The number of nitrogens with zero attached hydrogens (tertiary/aromatic N) is 5. The van der Waals surface area contributed by atoms with Crippen LogP contribution in [-0.4, -0.2) is 64.3 Å². The minimum atomic E-state index is -3.72. The first-order chi connectivity index (χ1) is 15.0. The second-order valence-electron chi connectivity index (χ2n) is 6.83. The molecule has 2 heterocycles. The van der Waals surface area contributed by atoms with Crippen molar-refractivity contribution in [2.75, 3.05) is 30.8 Å². The Labute approximate surface area is 186 Å². The zero-order chi connectivity index (χ0) is 22.3. The van der Waals surface area contributed by atoms with E-state index < -0.39 is 10.0 Å². The molecular weight excluding hydrogens is 440 g/mol. The van der Waals surface area contributed by atoms with E-state index in [4.69, 9.17) is 4.74 Å². The Morgan fingerprint density at radius 1 is 1.32 bits per heavy atom. The van der Waals surface area contributed by atoms with Crippen molar-refractivity contribution >= 4 is 33.4 Å². The van der Waals surface area contributed by atoms with Gasteiger partial charge in [-0.1, -0.05) is 24.3 Å². The number of benzene rings is 1. The minimum Gasteiger partial charge on any atom is -0.492 e. The van der Waals surface area contributed by atoms with Crippen molar-refractivity contribution in [3.05, 3.63) is 30.9 Å². The van der Waals surface area contributed by atoms with Crippen LogP contribution in [0.25, 0.3) is 0 Å². The number of carbonyl (C=O) groups is 1. The summed E-state index contributed by atoms with van der Waals surface area (Å²) in [5, 5.41) is 14.5. The number of allylic oxidation sites excluding steroid dienone is 1. The Morgan fingerprint density at radius 3 is 2.81 bits per heavy atom. The first-order valence-corrected chi connectivity index (χ1v) is 12.4. The zero-order valence-electron chi connectivity index (χ0n) is 17.4. The molecule has 0 spiro atoms. The molecule has 12 heteroatoms. The summed E-state index contributed by atoms with van der Waals surface area (Å²) in [4.78, 5) is 12.5. The van der Waals surface area contributed by atoms with Gasteiger partial charge in [-0.2, -0.15) is 4.31 Å². The van der Waals surface area contributed by atoms with Gasteiger partial charge in [0, 0.05) is 18.8 Å². The van der Waals surface area contributed by atoms with Gasteiger partial charge in [0.25, 0.3) is 0 Å². The largest absolute Gasteiger partial charge is 0.492 e. The summed E-state index contributed by atoms with van der Waals surface area (Å²) in [7, 11) is -3.72. The minimum absolute atomic E-state index is 0.0663. The lowest BCUT2D eigenvalue weighted by molar-refractivity contribution is -0.113. The number of nitrogens with one attached hydrogen (secondary N) is 1. The third-order valence-corrected chi connectivity index (χ3v) is 7.47. The fourth-order valence-corrected chi connectivity index (χ4v) is 5.53. The van der Waals surface area contributed by atoms with Gasteiger partial charge in [-0.25, -0.2) is 13.1 Å². The van der Waals surface area contributed by atoms with Crippen molar-refractivity contribution in [3.8, 4) is 5.75 Å². The molecule has 168 valence electrons. The summed E-state index contributed by atoms with van der Waals surface area (Å²) in [5.74, 6) is 0.0477. The van der Waals surface area contributed by atoms with Crippen molar-refractivity contribution in [2.24, 2.45) is 0 Å². The number of hydrogen-bond donors (Lipinski definition) is 1. The molecule has 1 aliphatic heterocycles. The molecule has 1 saturated heterocycles. The van der Waals surface area contributed by atoms with Gasteiger partial charge in [-0.05, 0) is 48.4 Å². The van der Waals surface area contributed by atoms with Gasteiger partial charge in [0.15, 0.2) is 0 Å². The third-order valence-electron chi connectivity index (χ3n) is 4.59. The molecular formula is C19H26N6O4S2. The molecule has 1 fully saturated rings. The van der Waals surface area contributed by atoms with E-state index in [0.29, 0.717) is 37.1 Å². The lowest BCUT2D eigenvalue weighted by Gasteiger charge is -2.27. The van der Waals surface area contributed by atoms with Crippen LogP contribution in [0.4, 0.5) is 5.69 Å². The number of carbonyl (C=O) groups excluding carboxylic acids is 1. The molecule has 1 aromatic carbocycles. The fourth-order valence-electron chi connectivity index (χ4n) is 3.17. The Bertz CT molecular complexity index is 1020. The topological polar surface area (TPSA) is 119 Å². The van der Waals surface area contributed by atoms with Gasteiger partial charge in [-0.15, -0.1) is 11.7 Å². The first kappa shape index (κ1) is 23.2. The van der Waals surface area contributed by atoms with Gasteiger partial charge in [0.05, 0.1) is 18.9 Å². The molecule has 0 aliphatic carbocycles. The molecule has 31 heavy (non-hydrogen) atoms. The lowest BCUT2D eigenvalue weighted by atomic mass is 10.2. The molecule has 1 N–H and O–H groups in total. The smallest absolute Gasteiger partial charge is 0.246 e. The molecule has 0 radical (unpaired) electrons. The first-order valence-electron chi connectivity index (χ1n) is 10.0. The van der Waals surface area contributed by atoms with Crippen molar-refractivity contribution in [3.63, 3.8) is 0 Å². The summed E-state index contributed by atoms with van der Waals surface area (Å²) in [6.07, 6.45) is 4.35. The van der Waals surface area contributed by atoms with Gasteiger partial charge in [0.2, 0.25) is 21.1 Å². The molecule has 0 bridgehead atoms. The number of rotatable bonds is 10. The van der Waals surface area contributed by atoms with E-state index in [1.54, 1.807) is 25.1 Å². The summed E-state index contributed by atoms with van der Waals surface area (Å²) >= 11 is 1.18. The Hall–Kier alpha value is -2.44. The monoisotopic (exact) mass is 466 g/mol. The molecule has 3 rings (SSSR count). The average Bonchev–Trinajstić information content (AvgIpc) is 3.21. The highest BCUT2D eigenvalue weighted by Gasteiger charge is 2.29. The van der Waals surface area contributed by atoms with Crippen LogP contribution in [0, 0.1) is 0 Å². The highest BCUT2D eigenvalue weighted by molar-refractivity contribution is 7.99.